The van der Waals surface area contributed by atoms with Gasteiger partial charge in [0.1, 0.15) is 0 Å². The highest BCUT2D eigenvalue weighted by Gasteiger charge is 2.12. The number of nitrogens with zero attached hydrogens (tertiary/aromatic N) is 2. The van der Waals surface area contributed by atoms with Crippen LogP contribution in [0.3, 0.4) is 0 Å². The summed E-state index contributed by atoms with van der Waals surface area (Å²) in [7, 11) is 0. The Morgan fingerprint density at radius 1 is 0.262 bits per heavy atom. The topological polar surface area (TPSA) is 6.48 Å². The van der Waals surface area contributed by atoms with E-state index in [1.165, 1.54) is 0 Å². The number of para-hydroxylation sites is 4. The van der Waals surface area contributed by atoms with Crippen LogP contribution in [0.25, 0.3) is 12.2 Å². The first kappa shape index (κ1) is 26.6. The Morgan fingerprint density at radius 3 is 0.762 bits per heavy atom. The molecule has 6 aromatic rings. The van der Waals surface area contributed by atoms with E-state index in [1.54, 1.807) is 0 Å². The minimum atomic E-state index is 1.13. The van der Waals surface area contributed by atoms with Gasteiger partial charge in [-0.05, 0) is 83.9 Å². The molecule has 0 spiro atoms. The summed E-state index contributed by atoms with van der Waals surface area (Å²) >= 11 is 0. The maximum absolute atomic E-state index is 2.27. The Morgan fingerprint density at radius 2 is 0.500 bits per heavy atom. The van der Waals surface area contributed by atoms with E-state index in [0.29, 0.717) is 0 Å². The molecule has 6 aromatic carbocycles. The monoisotopic (exact) mass is 540 g/mol. The standard InChI is InChI=1S/C40H32N2/c1-5-17-35(18-6-1)41(36-19-7-2-8-20-36)39-29-25-33(26-30-39)15-13-14-16-34-27-31-40(32-28-34)42(37-21-9-3-10-22-37)38-23-11-4-12-24-38/h1-32H. The lowest BCUT2D eigenvalue weighted by atomic mass is 10.1. The summed E-state index contributed by atoms with van der Waals surface area (Å²) in [5.74, 6) is 0. The third kappa shape index (κ3) is 6.41. The molecule has 202 valence electrons. The molecule has 0 atom stereocenters. The number of allylic oxidation sites excluding steroid dienone is 2. The van der Waals surface area contributed by atoms with Gasteiger partial charge >= 0.3 is 0 Å². The lowest BCUT2D eigenvalue weighted by Crippen LogP contribution is -2.09. The smallest absolute Gasteiger partial charge is 0.0462 e. The number of hydrogen-bond acceptors (Lipinski definition) is 2. The van der Waals surface area contributed by atoms with Crippen LogP contribution in [-0.4, -0.2) is 0 Å². The number of hydrogen-bond donors (Lipinski definition) is 0. The summed E-state index contributed by atoms with van der Waals surface area (Å²) in [5.41, 5.74) is 9.10. The molecule has 6 rings (SSSR count). The minimum absolute atomic E-state index is 1.13. The van der Waals surface area contributed by atoms with E-state index in [1.807, 2.05) is 24.3 Å². The Labute approximate surface area is 248 Å². The molecule has 0 bridgehead atoms. The molecule has 0 fully saturated rings. The van der Waals surface area contributed by atoms with Gasteiger partial charge < -0.3 is 9.80 Å². The molecule has 0 aliphatic rings. The van der Waals surface area contributed by atoms with Gasteiger partial charge in [-0.1, -0.05) is 121 Å². The van der Waals surface area contributed by atoms with Crippen molar-refractivity contribution in [1.29, 1.82) is 0 Å². The number of rotatable bonds is 9. The molecular formula is C40H32N2. The third-order valence-electron chi connectivity index (χ3n) is 7.05. The highest BCUT2D eigenvalue weighted by Crippen LogP contribution is 2.35. The highest BCUT2D eigenvalue weighted by atomic mass is 15.1. The molecule has 0 saturated heterocycles. The predicted octanol–water partition coefficient (Wildman–Crippen LogP) is 11.4. The van der Waals surface area contributed by atoms with Crippen LogP contribution in [-0.2, 0) is 0 Å². The van der Waals surface area contributed by atoms with Crippen molar-refractivity contribution in [1.82, 2.24) is 0 Å². The van der Waals surface area contributed by atoms with E-state index in [0.717, 1.165) is 45.3 Å². The second-order valence-electron chi connectivity index (χ2n) is 9.91. The summed E-state index contributed by atoms with van der Waals surface area (Å²) in [6, 6.07) is 59.2. The third-order valence-corrected chi connectivity index (χ3v) is 7.05. The SMILES string of the molecule is C(C=Cc1ccc(N(c2ccccc2)c2ccccc2)cc1)=Cc1ccc(N(c2ccccc2)c2ccccc2)cc1. The average Bonchev–Trinajstić information content (AvgIpc) is 3.07. The summed E-state index contributed by atoms with van der Waals surface area (Å²) in [6.07, 6.45) is 8.46. The molecular weight excluding hydrogens is 508 g/mol. The lowest BCUT2D eigenvalue weighted by molar-refractivity contribution is 1.28. The summed E-state index contributed by atoms with van der Waals surface area (Å²) in [5, 5.41) is 0. The maximum atomic E-state index is 2.27. The van der Waals surface area contributed by atoms with Crippen LogP contribution in [0, 0.1) is 0 Å². The van der Waals surface area contributed by atoms with Crippen LogP contribution in [0.4, 0.5) is 34.1 Å². The van der Waals surface area contributed by atoms with Gasteiger partial charge in [-0.2, -0.15) is 0 Å². The number of benzene rings is 6. The van der Waals surface area contributed by atoms with E-state index in [4.69, 9.17) is 0 Å². The fourth-order valence-corrected chi connectivity index (χ4v) is 5.01. The molecule has 0 heterocycles. The predicted molar refractivity (Wildman–Crippen MR) is 180 cm³/mol. The Balaban J connectivity index is 1.15. The van der Waals surface area contributed by atoms with Crippen LogP contribution in [0.15, 0.2) is 182 Å². The summed E-state index contributed by atoms with van der Waals surface area (Å²) in [4.78, 5) is 4.54. The zero-order valence-corrected chi connectivity index (χ0v) is 23.4. The molecule has 0 amide bonds. The van der Waals surface area contributed by atoms with Gasteiger partial charge in [0.25, 0.3) is 0 Å². The van der Waals surface area contributed by atoms with E-state index in [-0.39, 0.29) is 0 Å². The molecule has 0 aromatic heterocycles. The van der Waals surface area contributed by atoms with Crippen molar-refractivity contribution in [3.05, 3.63) is 193 Å². The summed E-state index contributed by atoms with van der Waals surface area (Å²) in [6.45, 7) is 0. The molecule has 0 radical (unpaired) electrons. The van der Waals surface area contributed by atoms with E-state index < -0.39 is 0 Å². The van der Waals surface area contributed by atoms with Crippen molar-refractivity contribution in [2.24, 2.45) is 0 Å². The van der Waals surface area contributed by atoms with E-state index in [9.17, 15) is 0 Å². The molecule has 0 saturated carbocycles. The highest BCUT2D eigenvalue weighted by molar-refractivity contribution is 5.78. The van der Waals surface area contributed by atoms with Crippen molar-refractivity contribution < 1.29 is 0 Å². The zero-order chi connectivity index (χ0) is 28.4. The maximum Gasteiger partial charge on any atom is 0.0462 e. The van der Waals surface area contributed by atoms with Gasteiger partial charge in [0, 0.05) is 34.1 Å². The van der Waals surface area contributed by atoms with Gasteiger partial charge in [-0.15, -0.1) is 0 Å². The molecule has 0 unspecified atom stereocenters. The average molecular weight is 541 g/mol. The fourth-order valence-electron chi connectivity index (χ4n) is 5.01. The second-order valence-corrected chi connectivity index (χ2v) is 9.91. The molecule has 2 heteroatoms. The van der Waals surface area contributed by atoms with Crippen LogP contribution in [0.5, 0.6) is 0 Å². The normalized spacial score (nSPS) is 11.1. The van der Waals surface area contributed by atoms with Gasteiger partial charge in [0.05, 0.1) is 0 Å². The van der Waals surface area contributed by atoms with Gasteiger partial charge in [-0.25, -0.2) is 0 Å². The number of anilines is 6. The van der Waals surface area contributed by atoms with Crippen LogP contribution >= 0.6 is 0 Å². The fraction of sp³-hybridized carbons (Fsp3) is 0. The second kappa shape index (κ2) is 13.2. The van der Waals surface area contributed by atoms with Gasteiger partial charge in [-0.3, -0.25) is 0 Å². The van der Waals surface area contributed by atoms with Crippen LogP contribution < -0.4 is 9.80 Å². The molecule has 0 N–H and O–H groups in total. The molecule has 0 aliphatic heterocycles. The minimum Gasteiger partial charge on any atom is -0.311 e. The van der Waals surface area contributed by atoms with Crippen molar-refractivity contribution in [3.8, 4) is 0 Å². The Hall–Kier alpha value is -5.60. The first-order valence-corrected chi connectivity index (χ1v) is 14.2. The first-order valence-electron chi connectivity index (χ1n) is 14.2. The lowest BCUT2D eigenvalue weighted by Gasteiger charge is -2.25. The quantitative estimate of drug-likeness (QED) is 0.168. The van der Waals surface area contributed by atoms with Crippen LogP contribution in [0.2, 0.25) is 0 Å². The largest absolute Gasteiger partial charge is 0.311 e. The van der Waals surface area contributed by atoms with E-state index in [2.05, 4.69) is 180 Å². The van der Waals surface area contributed by atoms with Crippen molar-refractivity contribution in [2.45, 2.75) is 0 Å². The van der Waals surface area contributed by atoms with E-state index >= 15 is 0 Å². The van der Waals surface area contributed by atoms with Gasteiger partial charge in [0.2, 0.25) is 0 Å². The Kier molecular flexibility index (Phi) is 8.34. The summed E-state index contributed by atoms with van der Waals surface area (Å²) < 4.78 is 0. The molecule has 0 aliphatic carbocycles. The van der Waals surface area contributed by atoms with Crippen molar-refractivity contribution in [3.63, 3.8) is 0 Å². The molecule has 2 nitrogen and oxygen atoms in total. The Bertz CT molecular complexity index is 1510. The zero-order valence-electron chi connectivity index (χ0n) is 23.4. The van der Waals surface area contributed by atoms with Gasteiger partial charge in [0.15, 0.2) is 0 Å². The first-order chi connectivity index (χ1) is 20.8. The van der Waals surface area contributed by atoms with Crippen molar-refractivity contribution >= 4 is 46.3 Å². The van der Waals surface area contributed by atoms with Crippen LogP contribution in [0.1, 0.15) is 11.1 Å². The molecule has 42 heavy (non-hydrogen) atoms. The van der Waals surface area contributed by atoms with Crippen molar-refractivity contribution in [2.75, 3.05) is 9.80 Å².